The molecule has 0 aliphatic rings. The summed E-state index contributed by atoms with van der Waals surface area (Å²) in [5.74, 6) is 0.366. The molecular formula is C19H15ClN4O3. The number of hydrogen-bond acceptors (Lipinski definition) is 4. The molecule has 4 rings (SSSR count). The van der Waals surface area contributed by atoms with Crippen molar-refractivity contribution >= 4 is 23.0 Å². The van der Waals surface area contributed by atoms with Crippen LogP contribution in [-0.4, -0.2) is 20.1 Å². The molecule has 0 fully saturated rings. The maximum atomic E-state index is 12.7. The molecule has 0 spiro atoms. The molecule has 1 N–H and O–H groups in total. The SMILES string of the molecule is O=C(Cn1ccn2nc(-c3ccc(Cl)cc3)cc2c1=O)NCc1ccco1. The highest BCUT2D eigenvalue weighted by Crippen LogP contribution is 2.20. The van der Waals surface area contributed by atoms with Crippen LogP contribution in [0, 0.1) is 0 Å². The fourth-order valence-corrected chi connectivity index (χ4v) is 2.85. The fourth-order valence-electron chi connectivity index (χ4n) is 2.72. The van der Waals surface area contributed by atoms with E-state index < -0.39 is 0 Å². The fraction of sp³-hybridized carbons (Fsp3) is 0.105. The summed E-state index contributed by atoms with van der Waals surface area (Å²) in [7, 11) is 0. The van der Waals surface area contributed by atoms with Gasteiger partial charge < -0.3 is 14.3 Å². The van der Waals surface area contributed by atoms with Gasteiger partial charge in [-0.25, -0.2) is 4.52 Å². The molecule has 0 radical (unpaired) electrons. The molecule has 1 aromatic carbocycles. The first-order valence-electron chi connectivity index (χ1n) is 8.24. The number of hydrogen-bond donors (Lipinski definition) is 1. The number of nitrogens with zero attached hydrogens (tertiary/aromatic N) is 3. The van der Waals surface area contributed by atoms with Gasteiger partial charge in [-0.3, -0.25) is 9.59 Å². The zero-order valence-electron chi connectivity index (χ0n) is 14.1. The van der Waals surface area contributed by atoms with Crippen LogP contribution in [0.25, 0.3) is 16.8 Å². The van der Waals surface area contributed by atoms with E-state index in [0.29, 0.717) is 22.0 Å². The zero-order chi connectivity index (χ0) is 18.8. The molecule has 0 saturated heterocycles. The lowest BCUT2D eigenvalue weighted by molar-refractivity contribution is -0.121. The predicted molar refractivity (Wildman–Crippen MR) is 100 cm³/mol. The third kappa shape index (κ3) is 3.63. The van der Waals surface area contributed by atoms with E-state index >= 15 is 0 Å². The van der Waals surface area contributed by atoms with Gasteiger partial charge in [0.05, 0.1) is 18.5 Å². The van der Waals surface area contributed by atoms with Crippen molar-refractivity contribution in [2.45, 2.75) is 13.1 Å². The Morgan fingerprint density at radius 3 is 2.74 bits per heavy atom. The Labute approximate surface area is 158 Å². The van der Waals surface area contributed by atoms with E-state index in [2.05, 4.69) is 10.4 Å². The first kappa shape index (κ1) is 17.1. The molecule has 0 aliphatic heterocycles. The van der Waals surface area contributed by atoms with Gasteiger partial charge in [-0.1, -0.05) is 23.7 Å². The van der Waals surface area contributed by atoms with Crippen molar-refractivity contribution in [3.8, 4) is 11.3 Å². The van der Waals surface area contributed by atoms with Crippen LogP contribution in [0.2, 0.25) is 5.02 Å². The van der Waals surface area contributed by atoms with Crippen molar-refractivity contribution < 1.29 is 9.21 Å². The van der Waals surface area contributed by atoms with Gasteiger partial charge in [0.1, 0.15) is 17.8 Å². The number of amides is 1. The molecule has 4 aromatic rings. The number of aromatic nitrogens is 3. The largest absolute Gasteiger partial charge is 0.467 e. The van der Waals surface area contributed by atoms with Crippen LogP contribution in [0.15, 0.2) is 70.3 Å². The van der Waals surface area contributed by atoms with E-state index in [-0.39, 0.29) is 24.6 Å². The molecule has 0 bridgehead atoms. The van der Waals surface area contributed by atoms with Crippen molar-refractivity contribution in [1.82, 2.24) is 19.5 Å². The highest BCUT2D eigenvalue weighted by molar-refractivity contribution is 6.30. The van der Waals surface area contributed by atoms with Gasteiger partial charge in [0.25, 0.3) is 5.56 Å². The van der Waals surface area contributed by atoms with Crippen molar-refractivity contribution in [2.75, 3.05) is 0 Å². The minimum absolute atomic E-state index is 0.0858. The summed E-state index contributed by atoms with van der Waals surface area (Å²) in [5.41, 5.74) is 1.61. The molecule has 0 saturated carbocycles. The zero-order valence-corrected chi connectivity index (χ0v) is 14.9. The van der Waals surface area contributed by atoms with Gasteiger partial charge in [-0.15, -0.1) is 0 Å². The Kier molecular flexibility index (Phi) is 4.52. The van der Waals surface area contributed by atoms with Crippen LogP contribution in [0.4, 0.5) is 0 Å². The van der Waals surface area contributed by atoms with Gasteiger partial charge in [0.2, 0.25) is 5.91 Å². The van der Waals surface area contributed by atoms with Crippen LogP contribution >= 0.6 is 11.6 Å². The summed E-state index contributed by atoms with van der Waals surface area (Å²) in [6, 6.07) is 12.4. The van der Waals surface area contributed by atoms with Gasteiger partial charge in [-0.05, 0) is 30.3 Å². The molecule has 0 aliphatic carbocycles. The van der Waals surface area contributed by atoms with Gasteiger partial charge >= 0.3 is 0 Å². The number of fused-ring (bicyclic) bond motifs is 1. The first-order valence-corrected chi connectivity index (χ1v) is 8.62. The van der Waals surface area contributed by atoms with Crippen LogP contribution in [0.3, 0.4) is 0 Å². The van der Waals surface area contributed by atoms with Crippen LogP contribution in [-0.2, 0) is 17.9 Å². The highest BCUT2D eigenvalue weighted by Gasteiger charge is 2.11. The molecule has 0 atom stereocenters. The van der Waals surface area contributed by atoms with E-state index in [0.717, 1.165) is 5.56 Å². The molecule has 1 amide bonds. The van der Waals surface area contributed by atoms with E-state index in [9.17, 15) is 9.59 Å². The monoisotopic (exact) mass is 382 g/mol. The summed E-state index contributed by atoms with van der Waals surface area (Å²) < 4.78 is 8.02. The van der Waals surface area contributed by atoms with Crippen molar-refractivity contribution in [3.63, 3.8) is 0 Å². The van der Waals surface area contributed by atoms with E-state index in [1.165, 1.54) is 15.3 Å². The Hall–Kier alpha value is -3.32. The molecule has 8 heteroatoms. The molecule has 3 heterocycles. The normalized spacial score (nSPS) is 11.0. The maximum absolute atomic E-state index is 12.7. The third-order valence-corrected chi connectivity index (χ3v) is 4.35. The number of nitrogens with one attached hydrogen (secondary N) is 1. The van der Waals surface area contributed by atoms with Gasteiger partial charge in [0, 0.05) is 23.0 Å². The van der Waals surface area contributed by atoms with Crippen molar-refractivity contribution in [3.05, 3.63) is 82.3 Å². The Balaban J connectivity index is 1.55. The summed E-state index contributed by atoms with van der Waals surface area (Å²) in [6.45, 7) is 0.188. The minimum Gasteiger partial charge on any atom is -0.467 e. The molecular weight excluding hydrogens is 368 g/mol. The molecule has 3 aromatic heterocycles. The maximum Gasteiger partial charge on any atom is 0.277 e. The Morgan fingerprint density at radius 2 is 2.00 bits per heavy atom. The van der Waals surface area contributed by atoms with Crippen LogP contribution in [0.5, 0.6) is 0 Å². The quantitative estimate of drug-likeness (QED) is 0.575. The first-order chi connectivity index (χ1) is 13.1. The molecule has 0 unspecified atom stereocenters. The van der Waals surface area contributed by atoms with Crippen LogP contribution < -0.4 is 10.9 Å². The number of carbonyl (C=O) groups is 1. The second-order valence-corrected chi connectivity index (χ2v) is 6.39. The van der Waals surface area contributed by atoms with Gasteiger partial charge in [-0.2, -0.15) is 5.10 Å². The van der Waals surface area contributed by atoms with Crippen LogP contribution in [0.1, 0.15) is 5.76 Å². The summed E-state index contributed by atoms with van der Waals surface area (Å²) >= 11 is 5.91. The Bertz CT molecular complexity index is 1140. The lowest BCUT2D eigenvalue weighted by Gasteiger charge is -2.06. The van der Waals surface area contributed by atoms with E-state index in [1.54, 1.807) is 42.7 Å². The average molecular weight is 383 g/mol. The lowest BCUT2D eigenvalue weighted by atomic mass is 10.1. The molecule has 7 nitrogen and oxygen atoms in total. The molecule has 136 valence electrons. The Morgan fingerprint density at radius 1 is 1.19 bits per heavy atom. The van der Waals surface area contributed by atoms with Crippen molar-refractivity contribution in [1.29, 1.82) is 0 Å². The summed E-state index contributed by atoms with van der Waals surface area (Å²) in [4.78, 5) is 24.8. The second-order valence-electron chi connectivity index (χ2n) is 5.95. The molecule has 27 heavy (non-hydrogen) atoms. The van der Waals surface area contributed by atoms with E-state index in [1.807, 2.05) is 12.1 Å². The second kappa shape index (κ2) is 7.13. The number of furan rings is 1. The predicted octanol–water partition coefficient (Wildman–Crippen LogP) is 2.73. The third-order valence-electron chi connectivity index (χ3n) is 4.10. The van der Waals surface area contributed by atoms with E-state index in [4.69, 9.17) is 16.0 Å². The topological polar surface area (TPSA) is 81.5 Å². The number of rotatable bonds is 5. The summed E-state index contributed by atoms with van der Waals surface area (Å²) in [5, 5.41) is 7.76. The summed E-state index contributed by atoms with van der Waals surface area (Å²) in [6.07, 6.45) is 4.73. The standard InChI is InChI=1S/C19H15ClN4O3/c20-14-5-3-13(4-6-14)16-10-17-19(26)23(7-8-24(17)22-16)12-18(25)21-11-15-2-1-9-27-15/h1-10H,11-12H2,(H,21,25). The number of benzene rings is 1. The smallest absolute Gasteiger partial charge is 0.277 e. The number of carbonyl (C=O) groups excluding carboxylic acids is 1. The average Bonchev–Trinajstić information content (AvgIpc) is 3.33. The number of halogens is 1. The van der Waals surface area contributed by atoms with Crippen molar-refractivity contribution in [2.24, 2.45) is 0 Å². The van der Waals surface area contributed by atoms with Gasteiger partial charge in [0.15, 0.2) is 0 Å². The highest BCUT2D eigenvalue weighted by atomic mass is 35.5. The lowest BCUT2D eigenvalue weighted by Crippen LogP contribution is -2.32. The minimum atomic E-state index is -0.293.